The molecule has 1 aromatic heterocycles. The monoisotopic (exact) mass is 865 g/mol. The minimum absolute atomic E-state index is 0.00388. The quantitative estimate of drug-likeness (QED) is 0.0488. The number of alkyl halides is 3. The van der Waals surface area contributed by atoms with Crippen LogP contribution in [0.3, 0.4) is 0 Å². The van der Waals surface area contributed by atoms with E-state index in [1.807, 2.05) is 0 Å². The number of rotatable bonds is 14. The molecule has 63 heavy (non-hydrogen) atoms. The van der Waals surface area contributed by atoms with Gasteiger partial charge >= 0.3 is 6.18 Å². The summed E-state index contributed by atoms with van der Waals surface area (Å²) in [6, 6.07) is 17.2. The number of fused-ring (bicyclic) bond motifs is 2. The van der Waals surface area contributed by atoms with Crippen molar-refractivity contribution in [3.63, 3.8) is 0 Å². The maximum atomic E-state index is 15.5. The molecule has 3 heterocycles. The Balaban J connectivity index is 0.949. The zero-order chi connectivity index (χ0) is 45.0. The van der Waals surface area contributed by atoms with Crippen LogP contribution in [0.1, 0.15) is 72.7 Å². The number of nitrogens with one attached hydrogen (secondary N) is 5. The molecule has 324 valence electrons. The second-order valence-corrected chi connectivity index (χ2v) is 14.6. The summed E-state index contributed by atoms with van der Waals surface area (Å²) in [5, 5.41) is 13.5. The maximum absolute atomic E-state index is 15.5. The molecule has 1 atom stereocenters. The van der Waals surface area contributed by atoms with Crippen molar-refractivity contribution < 1.29 is 51.1 Å². The lowest BCUT2D eigenvalue weighted by molar-refractivity contribution is -0.137. The van der Waals surface area contributed by atoms with Crippen molar-refractivity contribution in [1.82, 2.24) is 31.2 Å². The standard InChI is InChI=1S/C45H39F4N7O7/c1-24-13-16-35(42(60)54-24)56-43(61)28-11-8-12-36(38(28)44(56)62)63-23-37(57)51-17-6-7-18-52-41(59)27-15-14-25(19-33(27)46)29-20-30-34(21-32(29)45(47,48)49)53-22-31(40(58)50-2)39(30)55-26-9-4-3-5-10-26/h3-5,8-12,14-15,19-22,35H,1,6-7,13,16-18,23H2,2H3,(H,50,58)(H,51,57)(H,52,59)(H,53,55)(H,54,60). The summed E-state index contributed by atoms with van der Waals surface area (Å²) in [7, 11) is 1.40. The predicted molar refractivity (Wildman–Crippen MR) is 223 cm³/mol. The van der Waals surface area contributed by atoms with Gasteiger partial charge in [0.05, 0.1) is 39.0 Å². The van der Waals surface area contributed by atoms with E-state index in [4.69, 9.17) is 4.74 Å². The van der Waals surface area contributed by atoms with E-state index >= 15 is 4.39 Å². The Morgan fingerprint density at radius 1 is 0.889 bits per heavy atom. The molecular formula is C45H39F4N7O7. The van der Waals surface area contributed by atoms with E-state index in [2.05, 4.69) is 38.1 Å². The number of nitrogens with zero attached hydrogens (tertiary/aromatic N) is 2. The molecule has 0 radical (unpaired) electrons. The van der Waals surface area contributed by atoms with E-state index in [9.17, 15) is 41.9 Å². The number of unbranched alkanes of at least 4 members (excludes halogenated alkanes) is 1. The van der Waals surface area contributed by atoms with Crippen LogP contribution in [-0.2, 0) is 15.8 Å². The smallest absolute Gasteiger partial charge is 0.417 e. The zero-order valence-corrected chi connectivity index (χ0v) is 33.6. The molecule has 2 aliphatic heterocycles. The Hall–Kier alpha value is -7.63. The van der Waals surface area contributed by atoms with E-state index in [-0.39, 0.29) is 64.1 Å². The molecular weight excluding hydrogens is 827 g/mol. The Morgan fingerprint density at radius 3 is 2.33 bits per heavy atom. The number of carbonyl (C=O) groups is 6. The van der Waals surface area contributed by atoms with E-state index in [1.165, 1.54) is 43.6 Å². The van der Waals surface area contributed by atoms with Gasteiger partial charge in [-0.1, -0.05) is 36.9 Å². The Kier molecular flexibility index (Phi) is 12.5. The second kappa shape index (κ2) is 18.2. The van der Waals surface area contributed by atoms with Crippen molar-refractivity contribution in [2.75, 3.05) is 32.1 Å². The third kappa shape index (κ3) is 9.19. The van der Waals surface area contributed by atoms with Crippen molar-refractivity contribution in [3.8, 4) is 16.9 Å². The van der Waals surface area contributed by atoms with Crippen LogP contribution >= 0.6 is 0 Å². The first kappa shape index (κ1) is 43.5. The average Bonchev–Trinajstić information content (AvgIpc) is 3.52. The molecule has 0 spiro atoms. The zero-order valence-electron chi connectivity index (χ0n) is 33.6. The van der Waals surface area contributed by atoms with Crippen LogP contribution in [0.5, 0.6) is 5.75 Å². The van der Waals surface area contributed by atoms with Crippen LogP contribution in [0.4, 0.5) is 28.9 Å². The number of anilines is 2. The number of hydrogen-bond donors (Lipinski definition) is 5. The molecule has 1 saturated heterocycles. The third-order valence-electron chi connectivity index (χ3n) is 10.5. The topological polar surface area (TPSA) is 188 Å². The van der Waals surface area contributed by atoms with Crippen LogP contribution in [-0.4, -0.2) is 78.1 Å². The van der Waals surface area contributed by atoms with E-state index < -0.39 is 76.8 Å². The number of ether oxygens (including phenoxy) is 1. The van der Waals surface area contributed by atoms with Gasteiger partial charge in [0.2, 0.25) is 5.91 Å². The van der Waals surface area contributed by atoms with Crippen LogP contribution < -0.4 is 31.3 Å². The fraction of sp³-hybridized carbons (Fsp3) is 0.222. The minimum atomic E-state index is -4.88. The number of imide groups is 1. The van der Waals surface area contributed by atoms with Crippen molar-refractivity contribution in [1.29, 1.82) is 0 Å². The Bertz CT molecular complexity index is 2690. The van der Waals surface area contributed by atoms with Crippen molar-refractivity contribution in [3.05, 3.63) is 131 Å². The van der Waals surface area contributed by atoms with Crippen LogP contribution in [0.2, 0.25) is 0 Å². The van der Waals surface area contributed by atoms with Crippen molar-refractivity contribution >= 4 is 57.7 Å². The molecule has 4 aromatic carbocycles. The number of hydrogen-bond acceptors (Lipinski definition) is 9. The number of piperidine rings is 1. The number of benzene rings is 4. The van der Waals surface area contributed by atoms with Gasteiger partial charge in [-0.2, -0.15) is 13.2 Å². The first-order chi connectivity index (χ1) is 30.2. The average molecular weight is 866 g/mol. The number of allylic oxidation sites excluding steroid dienone is 1. The van der Waals surface area contributed by atoms with E-state index in [1.54, 1.807) is 30.3 Å². The molecule has 0 aliphatic carbocycles. The molecule has 18 heteroatoms. The lowest BCUT2D eigenvalue weighted by atomic mass is 9.94. The van der Waals surface area contributed by atoms with Crippen LogP contribution in [0, 0.1) is 5.82 Å². The Labute approximate surface area is 357 Å². The van der Waals surface area contributed by atoms with Gasteiger partial charge in [0.25, 0.3) is 29.5 Å². The highest BCUT2D eigenvalue weighted by atomic mass is 19.4. The number of amides is 6. The van der Waals surface area contributed by atoms with Crippen LogP contribution in [0.25, 0.3) is 22.0 Å². The molecule has 14 nitrogen and oxygen atoms in total. The van der Waals surface area contributed by atoms with E-state index in [0.29, 0.717) is 30.6 Å². The summed E-state index contributed by atoms with van der Waals surface area (Å²) in [5.74, 6) is -4.82. The lowest BCUT2D eigenvalue weighted by Gasteiger charge is -2.29. The number of aromatic nitrogens is 1. The Morgan fingerprint density at radius 2 is 1.63 bits per heavy atom. The van der Waals surface area contributed by atoms with Gasteiger partial charge in [-0.05, 0) is 85.3 Å². The first-order valence-electron chi connectivity index (χ1n) is 19.7. The second-order valence-electron chi connectivity index (χ2n) is 14.6. The molecule has 5 aromatic rings. The summed E-state index contributed by atoms with van der Waals surface area (Å²) in [4.78, 5) is 82.3. The summed E-state index contributed by atoms with van der Waals surface area (Å²) >= 11 is 0. The van der Waals surface area contributed by atoms with Gasteiger partial charge in [0.1, 0.15) is 17.6 Å². The molecule has 7 rings (SSSR count). The summed E-state index contributed by atoms with van der Waals surface area (Å²) in [6.45, 7) is 3.46. The van der Waals surface area contributed by atoms with Gasteiger partial charge in [0.15, 0.2) is 6.61 Å². The van der Waals surface area contributed by atoms with E-state index in [0.717, 1.165) is 23.1 Å². The SMILES string of the molecule is C=C1CCC(N2C(=O)c3cccc(OCC(=O)NCCCCNC(=O)c4ccc(-c5cc6c(Nc7ccccc7)c(C(=O)NC)cnc6cc5C(F)(F)F)cc4F)c3C2=O)C(=O)N1. The lowest BCUT2D eigenvalue weighted by Crippen LogP contribution is -2.51. The van der Waals surface area contributed by atoms with Gasteiger partial charge in [-0.3, -0.25) is 38.7 Å². The third-order valence-corrected chi connectivity index (χ3v) is 10.5. The van der Waals surface area contributed by atoms with Gasteiger partial charge in [0, 0.05) is 43.1 Å². The molecule has 1 fully saturated rings. The van der Waals surface area contributed by atoms with Crippen molar-refractivity contribution in [2.45, 2.75) is 37.9 Å². The summed E-state index contributed by atoms with van der Waals surface area (Å²) in [6.07, 6.45) is -2.35. The molecule has 2 aliphatic rings. The normalized spacial score (nSPS) is 14.9. The molecule has 0 saturated carbocycles. The number of pyridine rings is 1. The molecule has 6 amide bonds. The number of para-hydroxylation sites is 1. The number of carbonyl (C=O) groups excluding carboxylic acids is 6. The first-order valence-corrected chi connectivity index (χ1v) is 19.7. The van der Waals surface area contributed by atoms with Crippen molar-refractivity contribution in [2.24, 2.45) is 0 Å². The highest BCUT2D eigenvalue weighted by Gasteiger charge is 2.45. The predicted octanol–water partition coefficient (Wildman–Crippen LogP) is 6.26. The summed E-state index contributed by atoms with van der Waals surface area (Å²) < 4.78 is 64.6. The fourth-order valence-corrected chi connectivity index (χ4v) is 7.34. The highest BCUT2D eigenvalue weighted by Crippen LogP contribution is 2.42. The largest absolute Gasteiger partial charge is 0.483 e. The fourth-order valence-electron chi connectivity index (χ4n) is 7.34. The molecule has 5 N–H and O–H groups in total. The summed E-state index contributed by atoms with van der Waals surface area (Å²) in [5.41, 5.74) is -0.858. The molecule has 0 bridgehead atoms. The van der Waals surface area contributed by atoms with Crippen LogP contribution in [0.15, 0.2) is 97.3 Å². The van der Waals surface area contributed by atoms with Gasteiger partial charge in [-0.25, -0.2) is 4.39 Å². The number of halogens is 4. The highest BCUT2D eigenvalue weighted by molar-refractivity contribution is 6.24. The molecule has 1 unspecified atom stereocenters. The maximum Gasteiger partial charge on any atom is 0.417 e. The van der Waals surface area contributed by atoms with Gasteiger partial charge < -0.3 is 31.3 Å². The minimum Gasteiger partial charge on any atom is -0.483 e. The van der Waals surface area contributed by atoms with Gasteiger partial charge in [-0.15, -0.1) is 0 Å².